The lowest BCUT2D eigenvalue weighted by Gasteiger charge is -2.10. The lowest BCUT2D eigenvalue weighted by molar-refractivity contribution is -0.286. The first-order valence-corrected chi connectivity index (χ1v) is 3.21. The molecule has 0 amide bonds. The Morgan fingerprint density at radius 3 is 3.11 bits per heavy atom. The Kier molecular flexibility index (Phi) is 1.07. The zero-order valence-electron chi connectivity index (χ0n) is 5.00. The van der Waals surface area contributed by atoms with Gasteiger partial charge in [-0.1, -0.05) is 0 Å². The van der Waals surface area contributed by atoms with E-state index in [1.54, 1.807) is 0 Å². The summed E-state index contributed by atoms with van der Waals surface area (Å²) in [5, 5.41) is 0. The first-order valence-electron chi connectivity index (χ1n) is 3.21. The van der Waals surface area contributed by atoms with Gasteiger partial charge in [0, 0.05) is 12.8 Å². The maximum atomic E-state index is 10.8. The minimum atomic E-state index is -0.233. The average molecular weight is 128 g/mol. The molecule has 2 fully saturated rings. The normalized spacial score (nSPS) is 41.6. The third kappa shape index (κ3) is 0.767. The summed E-state index contributed by atoms with van der Waals surface area (Å²) in [6, 6.07) is 0. The molecule has 1 aliphatic carbocycles. The zero-order chi connectivity index (χ0) is 6.27. The van der Waals surface area contributed by atoms with Gasteiger partial charge in [0.05, 0.1) is 6.10 Å². The SMILES string of the molecule is O=C1CCC2CC1OO2. The van der Waals surface area contributed by atoms with E-state index in [0.717, 1.165) is 12.8 Å². The largest absolute Gasteiger partial charge is 0.297 e. The predicted molar refractivity (Wildman–Crippen MR) is 28.6 cm³/mol. The summed E-state index contributed by atoms with van der Waals surface area (Å²) in [6.07, 6.45) is 2.22. The summed E-state index contributed by atoms with van der Waals surface area (Å²) < 4.78 is 0. The van der Waals surface area contributed by atoms with Gasteiger partial charge in [0.2, 0.25) is 0 Å². The molecule has 1 saturated carbocycles. The van der Waals surface area contributed by atoms with E-state index >= 15 is 0 Å². The molecule has 2 bridgehead atoms. The highest BCUT2D eigenvalue weighted by atomic mass is 17.2. The minimum absolute atomic E-state index is 0.198. The van der Waals surface area contributed by atoms with Crippen LogP contribution in [0, 0.1) is 0 Å². The number of carbonyl (C=O) groups is 1. The van der Waals surface area contributed by atoms with E-state index in [2.05, 4.69) is 0 Å². The highest BCUT2D eigenvalue weighted by Crippen LogP contribution is 2.27. The predicted octanol–water partition coefficient (Wildman–Crippen LogP) is 0.438. The number of fused-ring (bicyclic) bond motifs is 2. The monoisotopic (exact) mass is 128 g/mol. The van der Waals surface area contributed by atoms with Crippen LogP contribution >= 0.6 is 0 Å². The number of rotatable bonds is 0. The van der Waals surface area contributed by atoms with Gasteiger partial charge in [0.15, 0.2) is 11.9 Å². The van der Waals surface area contributed by atoms with Crippen LogP contribution in [0.5, 0.6) is 0 Å². The van der Waals surface area contributed by atoms with Gasteiger partial charge < -0.3 is 0 Å². The van der Waals surface area contributed by atoms with E-state index in [-0.39, 0.29) is 18.0 Å². The van der Waals surface area contributed by atoms with Crippen molar-refractivity contribution in [2.75, 3.05) is 0 Å². The van der Waals surface area contributed by atoms with Crippen LogP contribution in [0.15, 0.2) is 0 Å². The molecule has 0 N–H and O–H groups in total. The molecule has 2 unspecified atom stereocenters. The standard InChI is InChI=1S/C6H8O3/c7-5-2-1-4-3-6(5)9-8-4/h4,6H,1-3H2. The smallest absolute Gasteiger partial charge is 0.165 e. The molecule has 0 radical (unpaired) electrons. The van der Waals surface area contributed by atoms with Crippen molar-refractivity contribution in [1.82, 2.24) is 0 Å². The zero-order valence-corrected chi connectivity index (χ0v) is 5.00. The molecule has 3 nitrogen and oxygen atoms in total. The van der Waals surface area contributed by atoms with Crippen LogP contribution in [0.3, 0.4) is 0 Å². The maximum Gasteiger partial charge on any atom is 0.165 e. The molecule has 2 rings (SSSR count). The van der Waals surface area contributed by atoms with Crippen molar-refractivity contribution >= 4 is 5.78 Å². The summed E-state index contributed by atoms with van der Waals surface area (Å²) in [6.45, 7) is 0. The number of hydrogen-bond donors (Lipinski definition) is 0. The summed E-state index contributed by atoms with van der Waals surface area (Å²) in [5.74, 6) is 0.198. The van der Waals surface area contributed by atoms with E-state index in [1.807, 2.05) is 0 Å². The summed E-state index contributed by atoms with van der Waals surface area (Å²) >= 11 is 0. The number of hydrogen-bond acceptors (Lipinski definition) is 3. The van der Waals surface area contributed by atoms with Crippen LogP contribution in [0.4, 0.5) is 0 Å². The molecule has 9 heavy (non-hydrogen) atoms. The lowest BCUT2D eigenvalue weighted by Crippen LogP contribution is -2.24. The van der Waals surface area contributed by atoms with E-state index < -0.39 is 0 Å². The van der Waals surface area contributed by atoms with Gasteiger partial charge in [-0.05, 0) is 6.42 Å². The fraction of sp³-hybridized carbons (Fsp3) is 0.833. The molecule has 1 saturated heterocycles. The molecule has 0 spiro atoms. The molecule has 1 heterocycles. The van der Waals surface area contributed by atoms with Crippen molar-refractivity contribution in [3.8, 4) is 0 Å². The molecule has 2 atom stereocenters. The summed E-state index contributed by atoms with van der Waals surface area (Å²) in [5.41, 5.74) is 0. The third-order valence-corrected chi connectivity index (χ3v) is 1.86. The topological polar surface area (TPSA) is 35.5 Å². The van der Waals surface area contributed by atoms with Crippen molar-refractivity contribution in [2.45, 2.75) is 31.5 Å². The van der Waals surface area contributed by atoms with Crippen LogP contribution in [-0.2, 0) is 14.6 Å². The number of ketones is 1. The molecular formula is C6H8O3. The molecule has 0 aromatic heterocycles. The molecule has 50 valence electrons. The highest BCUT2D eigenvalue weighted by Gasteiger charge is 2.37. The summed E-state index contributed by atoms with van der Waals surface area (Å²) in [4.78, 5) is 20.4. The van der Waals surface area contributed by atoms with Crippen LogP contribution in [0.2, 0.25) is 0 Å². The maximum absolute atomic E-state index is 10.8. The van der Waals surface area contributed by atoms with Crippen molar-refractivity contribution in [2.24, 2.45) is 0 Å². The van der Waals surface area contributed by atoms with Crippen LogP contribution in [0.1, 0.15) is 19.3 Å². The Labute approximate surface area is 52.9 Å². The van der Waals surface area contributed by atoms with Crippen molar-refractivity contribution < 1.29 is 14.6 Å². The van der Waals surface area contributed by atoms with Crippen LogP contribution < -0.4 is 0 Å². The van der Waals surface area contributed by atoms with Gasteiger partial charge in [-0.3, -0.25) is 4.79 Å². The fourth-order valence-corrected chi connectivity index (χ4v) is 1.28. The molecular weight excluding hydrogens is 120 g/mol. The second kappa shape index (κ2) is 1.78. The van der Waals surface area contributed by atoms with Gasteiger partial charge in [0.1, 0.15) is 0 Å². The second-order valence-electron chi connectivity index (χ2n) is 2.54. The van der Waals surface area contributed by atoms with Crippen LogP contribution in [0.25, 0.3) is 0 Å². The molecule has 0 aromatic carbocycles. The minimum Gasteiger partial charge on any atom is -0.297 e. The Balaban J connectivity index is 2.14. The Hall–Kier alpha value is -0.410. The van der Waals surface area contributed by atoms with Gasteiger partial charge in [-0.15, -0.1) is 0 Å². The molecule has 2 aliphatic rings. The quantitative estimate of drug-likeness (QED) is 0.444. The van der Waals surface area contributed by atoms with Crippen molar-refractivity contribution in [1.29, 1.82) is 0 Å². The first kappa shape index (κ1) is 5.38. The highest BCUT2D eigenvalue weighted by molar-refractivity contribution is 5.84. The molecule has 1 aliphatic heterocycles. The third-order valence-electron chi connectivity index (χ3n) is 1.86. The molecule has 3 heteroatoms. The van der Waals surface area contributed by atoms with E-state index in [0.29, 0.717) is 6.42 Å². The number of carbonyl (C=O) groups excluding carboxylic acids is 1. The van der Waals surface area contributed by atoms with Gasteiger partial charge in [0.25, 0.3) is 0 Å². The summed E-state index contributed by atoms with van der Waals surface area (Å²) in [7, 11) is 0. The fourth-order valence-electron chi connectivity index (χ4n) is 1.28. The van der Waals surface area contributed by atoms with E-state index in [4.69, 9.17) is 9.78 Å². The number of Topliss-reactive ketones (excluding diaryl/α,β-unsaturated/α-hetero) is 1. The average Bonchev–Trinajstić information content (AvgIpc) is 2.25. The van der Waals surface area contributed by atoms with E-state index in [9.17, 15) is 4.79 Å². The van der Waals surface area contributed by atoms with Gasteiger partial charge >= 0.3 is 0 Å². The second-order valence-corrected chi connectivity index (χ2v) is 2.54. The lowest BCUT2D eigenvalue weighted by atomic mass is 9.95. The van der Waals surface area contributed by atoms with Gasteiger partial charge in [-0.25, -0.2) is 9.78 Å². The van der Waals surface area contributed by atoms with Gasteiger partial charge in [-0.2, -0.15) is 0 Å². The first-order chi connectivity index (χ1) is 4.36. The Bertz CT molecular complexity index is 143. The Morgan fingerprint density at radius 2 is 2.33 bits per heavy atom. The molecule has 0 aromatic rings. The van der Waals surface area contributed by atoms with Crippen molar-refractivity contribution in [3.63, 3.8) is 0 Å². The Morgan fingerprint density at radius 1 is 1.44 bits per heavy atom. The van der Waals surface area contributed by atoms with Crippen molar-refractivity contribution in [3.05, 3.63) is 0 Å². The van der Waals surface area contributed by atoms with Crippen LogP contribution in [-0.4, -0.2) is 18.0 Å². The van der Waals surface area contributed by atoms with E-state index in [1.165, 1.54) is 0 Å².